The molecular formula is C19H25FN4OS. The van der Waals surface area contributed by atoms with Gasteiger partial charge in [0.05, 0.1) is 6.42 Å². The molecule has 0 N–H and O–H groups in total. The number of hydrogen-bond acceptors (Lipinski definition) is 5. The molecule has 7 heteroatoms. The van der Waals surface area contributed by atoms with Crippen molar-refractivity contribution >= 4 is 22.6 Å². The molecule has 1 fully saturated rings. The van der Waals surface area contributed by atoms with E-state index in [4.69, 9.17) is 0 Å². The summed E-state index contributed by atoms with van der Waals surface area (Å²) in [6.45, 7) is 9.29. The summed E-state index contributed by atoms with van der Waals surface area (Å²) in [4.78, 5) is 21.3. The van der Waals surface area contributed by atoms with E-state index in [-0.39, 0.29) is 23.6 Å². The summed E-state index contributed by atoms with van der Waals surface area (Å²) in [6.07, 6.45) is 1.13. The van der Waals surface area contributed by atoms with Crippen LogP contribution in [-0.2, 0) is 16.6 Å². The Morgan fingerprint density at radius 3 is 2.73 bits per heavy atom. The van der Waals surface area contributed by atoms with E-state index in [0.29, 0.717) is 6.54 Å². The second-order valence-corrected chi connectivity index (χ2v) is 8.41. The molecule has 0 bridgehead atoms. The fourth-order valence-corrected chi connectivity index (χ4v) is 3.85. The van der Waals surface area contributed by atoms with Crippen LogP contribution in [0.4, 0.5) is 9.52 Å². The smallest absolute Gasteiger partial charge is 0.227 e. The molecule has 1 saturated heterocycles. The van der Waals surface area contributed by atoms with Gasteiger partial charge >= 0.3 is 0 Å². The average Bonchev–Trinajstić information content (AvgIpc) is 2.94. The van der Waals surface area contributed by atoms with Gasteiger partial charge < -0.3 is 9.80 Å². The van der Waals surface area contributed by atoms with Crippen molar-refractivity contribution in [3.05, 3.63) is 41.5 Å². The molecule has 0 aliphatic carbocycles. The first-order chi connectivity index (χ1) is 12.3. The number of hydrogen-bond donors (Lipinski definition) is 0. The summed E-state index contributed by atoms with van der Waals surface area (Å²) in [7, 11) is 0. The van der Waals surface area contributed by atoms with Crippen molar-refractivity contribution in [3.63, 3.8) is 0 Å². The van der Waals surface area contributed by atoms with Gasteiger partial charge in [0.25, 0.3) is 0 Å². The second kappa shape index (κ2) is 7.70. The van der Waals surface area contributed by atoms with Gasteiger partial charge in [-0.1, -0.05) is 32.9 Å². The highest BCUT2D eigenvalue weighted by atomic mass is 32.1. The highest BCUT2D eigenvalue weighted by Crippen LogP contribution is 2.26. The molecule has 0 saturated carbocycles. The minimum atomic E-state index is -0.303. The van der Waals surface area contributed by atoms with Gasteiger partial charge in [-0.15, -0.1) is 0 Å². The van der Waals surface area contributed by atoms with Crippen molar-refractivity contribution in [2.24, 2.45) is 0 Å². The summed E-state index contributed by atoms with van der Waals surface area (Å²) >= 11 is 1.43. The molecule has 1 aliphatic rings. The highest BCUT2D eigenvalue weighted by Gasteiger charge is 2.24. The van der Waals surface area contributed by atoms with Gasteiger partial charge in [-0.05, 0) is 24.1 Å². The lowest BCUT2D eigenvalue weighted by Crippen LogP contribution is -2.36. The number of aromatic nitrogens is 2. The molecule has 5 nitrogen and oxygen atoms in total. The Labute approximate surface area is 158 Å². The average molecular weight is 377 g/mol. The summed E-state index contributed by atoms with van der Waals surface area (Å²) in [5.41, 5.74) is 0.656. The van der Waals surface area contributed by atoms with Crippen LogP contribution in [0.2, 0.25) is 0 Å². The number of carbonyl (C=O) groups excluding carboxylic acids is 1. The van der Waals surface area contributed by atoms with E-state index >= 15 is 0 Å². The Hall–Kier alpha value is -2.02. The molecule has 0 unspecified atom stereocenters. The topological polar surface area (TPSA) is 49.3 Å². The zero-order valence-corrected chi connectivity index (χ0v) is 16.4. The molecule has 1 amide bonds. The van der Waals surface area contributed by atoms with Gasteiger partial charge in [-0.3, -0.25) is 4.79 Å². The van der Waals surface area contributed by atoms with Gasteiger partial charge in [-0.2, -0.15) is 4.37 Å². The number of amides is 1. The Morgan fingerprint density at radius 2 is 2.04 bits per heavy atom. The zero-order chi connectivity index (χ0) is 18.7. The molecule has 0 radical (unpaired) electrons. The number of nitrogens with zero attached hydrogens (tertiary/aromatic N) is 4. The van der Waals surface area contributed by atoms with Gasteiger partial charge in [-0.25, -0.2) is 9.37 Å². The molecule has 3 rings (SSSR count). The molecule has 26 heavy (non-hydrogen) atoms. The summed E-state index contributed by atoms with van der Waals surface area (Å²) in [5, 5.41) is 0.925. The molecule has 1 aromatic heterocycles. The van der Waals surface area contributed by atoms with Crippen LogP contribution in [-0.4, -0.2) is 46.3 Å². The van der Waals surface area contributed by atoms with Crippen LogP contribution in [0.5, 0.6) is 0 Å². The Balaban J connectivity index is 1.61. The normalized spacial score (nSPS) is 15.8. The largest absolute Gasteiger partial charge is 0.345 e. The number of benzene rings is 1. The van der Waals surface area contributed by atoms with Crippen molar-refractivity contribution in [1.29, 1.82) is 0 Å². The molecule has 0 atom stereocenters. The van der Waals surface area contributed by atoms with Crippen molar-refractivity contribution < 1.29 is 9.18 Å². The fraction of sp³-hybridized carbons (Fsp3) is 0.526. The van der Waals surface area contributed by atoms with E-state index in [1.165, 1.54) is 23.7 Å². The van der Waals surface area contributed by atoms with E-state index in [1.54, 1.807) is 12.1 Å². The molecule has 1 aliphatic heterocycles. The van der Waals surface area contributed by atoms with Crippen molar-refractivity contribution in [2.75, 3.05) is 31.1 Å². The van der Waals surface area contributed by atoms with E-state index in [1.807, 2.05) is 4.90 Å². The zero-order valence-electron chi connectivity index (χ0n) is 15.5. The van der Waals surface area contributed by atoms with E-state index in [2.05, 4.69) is 35.0 Å². The number of carbonyl (C=O) groups is 1. The molecule has 2 heterocycles. The van der Waals surface area contributed by atoms with E-state index in [0.717, 1.165) is 42.6 Å². The minimum absolute atomic E-state index is 0.0464. The lowest BCUT2D eigenvalue weighted by atomic mass is 9.96. The molecule has 2 aromatic rings. The Kier molecular flexibility index (Phi) is 5.55. The predicted molar refractivity (Wildman–Crippen MR) is 102 cm³/mol. The maximum absolute atomic E-state index is 13.3. The van der Waals surface area contributed by atoms with E-state index in [9.17, 15) is 9.18 Å². The van der Waals surface area contributed by atoms with Gasteiger partial charge in [0.15, 0.2) is 0 Å². The van der Waals surface area contributed by atoms with Crippen molar-refractivity contribution in [3.8, 4) is 0 Å². The molecule has 1 aromatic carbocycles. The van der Waals surface area contributed by atoms with Gasteiger partial charge in [0.1, 0.15) is 11.6 Å². The quantitative estimate of drug-likeness (QED) is 0.825. The highest BCUT2D eigenvalue weighted by molar-refractivity contribution is 7.09. The standard InChI is InChI=1S/C19H25FN4OS/c1-19(2,3)17-21-18(26-22-17)24-9-5-8-23(10-11-24)16(25)13-14-6-4-7-15(20)12-14/h4,6-7,12H,5,8-11,13H2,1-3H3. The lowest BCUT2D eigenvalue weighted by Gasteiger charge is -2.21. The van der Waals surface area contributed by atoms with Gasteiger partial charge in [0.2, 0.25) is 11.0 Å². The van der Waals surface area contributed by atoms with Crippen molar-refractivity contribution in [2.45, 2.75) is 39.0 Å². The first-order valence-electron chi connectivity index (χ1n) is 8.94. The van der Waals surface area contributed by atoms with Crippen molar-refractivity contribution in [1.82, 2.24) is 14.3 Å². The predicted octanol–water partition coefficient (Wildman–Crippen LogP) is 3.26. The SMILES string of the molecule is CC(C)(C)c1nsc(N2CCCN(C(=O)Cc3cccc(F)c3)CC2)n1. The van der Waals surface area contributed by atoms with Gasteiger partial charge in [0, 0.05) is 43.1 Å². The first kappa shape index (κ1) is 18.8. The maximum atomic E-state index is 13.3. The van der Waals surface area contributed by atoms with Crippen LogP contribution < -0.4 is 4.90 Å². The second-order valence-electron chi connectivity index (χ2n) is 7.68. The van der Waals surface area contributed by atoms with E-state index < -0.39 is 0 Å². The van der Waals surface area contributed by atoms with Crippen LogP contribution in [0.3, 0.4) is 0 Å². The molecule has 0 spiro atoms. The monoisotopic (exact) mass is 376 g/mol. The van der Waals surface area contributed by atoms with Crippen LogP contribution >= 0.6 is 11.5 Å². The molecular weight excluding hydrogens is 351 g/mol. The van der Waals surface area contributed by atoms with Crippen LogP contribution in [0, 0.1) is 5.82 Å². The van der Waals surface area contributed by atoms with Crippen LogP contribution in [0.1, 0.15) is 38.6 Å². The Morgan fingerprint density at radius 1 is 1.23 bits per heavy atom. The van der Waals surface area contributed by atoms with Crippen LogP contribution in [0.15, 0.2) is 24.3 Å². The third-order valence-electron chi connectivity index (χ3n) is 4.45. The Bertz CT molecular complexity index is 771. The summed E-state index contributed by atoms with van der Waals surface area (Å²) < 4.78 is 17.8. The first-order valence-corrected chi connectivity index (χ1v) is 9.71. The number of rotatable bonds is 3. The maximum Gasteiger partial charge on any atom is 0.227 e. The minimum Gasteiger partial charge on any atom is -0.345 e. The summed E-state index contributed by atoms with van der Waals surface area (Å²) in [5.74, 6) is 0.606. The molecule has 140 valence electrons. The number of halogens is 1. The third-order valence-corrected chi connectivity index (χ3v) is 5.23. The number of anilines is 1. The third kappa shape index (κ3) is 4.58. The lowest BCUT2D eigenvalue weighted by molar-refractivity contribution is -0.130. The fourth-order valence-electron chi connectivity index (χ4n) is 2.94. The summed E-state index contributed by atoms with van der Waals surface area (Å²) in [6, 6.07) is 6.26. The van der Waals surface area contributed by atoms with Crippen LogP contribution in [0.25, 0.3) is 0 Å².